The normalized spacial score (nSPS) is 18.1. The Bertz CT molecular complexity index is 620. The molecule has 2 aromatic heterocycles. The van der Waals surface area contributed by atoms with Gasteiger partial charge in [0.05, 0.1) is 17.1 Å². The second-order valence-electron chi connectivity index (χ2n) is 5.53. The molecule has 106 valence electrons. The van der Waals surface area contributed by atoms with Gasteiger partial charge >= 0.3 is 0 Å². The Balaban J connectivity index is 1.86. The van der Waals surface area contributed by atoms with Crippen molar-refractivity contribution in [2.24, 2.45) is 11.7 Å². The summed E-state index contributed by atoms with van der Waals surface area (Å²) in [6.07, 6.45) is 3.95. The predicted octanol–water partition coefficient (Wildman–Crippen LogP) is 2.20. The van der Waals surface area contributed by atoms with Crippen LogP contribution in [0.1, 0.15) is 39.9 Å². The largest absolute Gasteiger partial charge is 0.330 e. The molecule has 0 saturated heterocycles. The summed E-state index contributed by atoms with van der Waals surface area (Å²) >= 11 is 1.68. The van der Waals surface area contributed by atoms with E-state index in [1.165, 1.54) is 11.3 Å². The summed E-state index contributed by atoms with van der Waals surface area (Å²) in [5.74, 6) is 1.49. The van der Waals surface area contributed by atoms with Gasteiger partial charge in [0.2, 0.25) is 0 Å². The Morgan fingerprint density at radius 3 is 2.85 bits per heavy atom. The zero-order chi connectivity index (χ0) is 14.1. The van der Waals surface area contributed by atoms with E-state index in [-0.39, 0.29) is 0 Å². The van der Waals surface area contributed by atoms with Crippen molar-refractivity contribution >= 4 is 11.3 Å². The van der Waals surface area contributed by atoms with Gasteiger partial charge in [-0.2, -0.15) is 0 Å². The summed E-state index contributed by atoms with van der Waals surface area (Å²) in [5.41, 5.74) is 10.5. The van der Waals surface area contributed by atoms with E-state index in [4.69, 9.17) is 10.7 Å². The molecule has 2 heterocycles. The molecule has 0 fully saturated rings. The molecule has 4 nitrogen and oxygen atoms in total. The maximum absolute atomic E-state index is 5.80. The van der Waals surface area contributed by atoms with Crippen LogP contribution in [-0.2, 0) is 19.3 Å². The number of hydrogen-bond acceptors (Lipinski definition) is 5. The lowest BCUT2D eigenvalue weighted by Crippen LogP contribution is -2.24. The second kappa shape index (κ2) is 5.58. The third-order valence-electron chi connectivity index (χ3n) is 3.97. The monoisotopic (exact) mass is 288 g/mol. The number of nitrogens with two attached hydrogens (primary N) is 1. The molecule has 0 radical (unpaired) electrons. The number of nitrogens with zero attached hydrogens (tertiary/aromatic N) is 3. The van der Waals surface area contributed by atoms with Crippen LogP contribution in [-0.4, -0.2) is 21.5 Å². The first-order valence-electron chi connectivity index (χ1n) is 7.12. The quantitative estimate of drug-likeness (QED) is 0.940. The molecule has 2 aromatic rings. The zero-order valence-corrected chi connectivity index (χ0v) is 12.8. The lowest BCUT2D eigenvalue weighted by molar-refractivity contribution is 0.458. The Kier molecular flexibility index (Phi) is 3.81. The van der Waals surface area contributed by atoms with E-state index in [2.05, 4.69) is 22.3 Å². The van der Waals surface area contributed by atoms with E-state index >= 15 is 0 Å². The molecule has 0 aromatic carbocycles. The number of fused-ring (bicyclic) bond motifs is 1. The van der Waals surface area contributed by atoms with E-state index < -0.39 is 0 Å². The maximum atomic E-state index is 5.80. The Labute approximate surface area is 123 Å². The molecule has 1 unspecified atom stereocenters. The van der Waals surface area contributed by atoms with Crippen LogP contribution in [0.3, 0.4) is 0 Å². The third-order valence-corrected chi connectivity index (χ3v) is 4.79. The Hall–Kier alpha value is -1.33. The van der Waals surface area contributed by atoms with Gasteiger partial charge in [0.25, 0.3) is 0 Å². The van der Waals surface area contributed by atoms with Gasteiger partial charge in [0.1, 0.15) is 5.82 Å². The molecule has 2 N–H and O–H groups in total. The average Bonchev–Trinajstić information content (AvgIpc) is 2.84. The van der Waals surface area contributed by atoms with Crippen LogP contribution in [0.25, 0.3) is 0 Å². The summed E-state index contributed by atoms with van der Waals surface area (Å²) in [6, 6.07) is 0. The SMILES string of the molecule is Cc1nc(Cc2nc(C)c3c(n2)CCC(CN)C3)cs1. The summed E-state index contributed by atoms with van der Waals surface area (Å²) in [4.78, 5) is 13.9. The lowest BCUT2D eigenvalue weighted by Gasteiger charge is -2.24. The average molecular weight is 288 g/mol. The molecule has 1 aliphatic carbocycles. The van der Waals surface area contributed by atoms with Crippen molar-refractivity contribution < 1.29 is 0 Å². The fourth-order valence-electron chi connectivity index (χ4n) is 2.85. The molecule has 0 saturated carbocycles. The molecule has 0 bridgehead atoms. The first-order chi connectivity index (χ1) is 9.65. The lowest BCUT2D eigenvalue weighted by atomic mass is 9.86. The highest BCUT2D eigenvalue weighted by Gasteiger charge is 2.21. The van der Waals surface area contributed by atoms with Crippen LogP contribution in [0.5, 0.6) is 0 Å². The van der Waals surface area contributed by atoms with Crippen LogP contribution in [0.4, 0.5) is 0 Å². The number of hydrogen-bond donors (Lipinski definition) is 1. The number of aryl methyl sites for hydroxylation is 3. The highest BCUT2D eigenvalue weighted by atomic mass is 32.1. The first-order valence-corrected chi connectivity index (χ1v) is 8.00. The summed E-state index contributed by atoms with van der Waals surface area (Å²) in [6.45, 7) is 4.88. The van der Waals surface area contributed by atoms with Crippen LogP contribution in [0.15, 0.2) is 5.38 Å². The van der Waals surface area contributed by atoms with Crippen LogP contribution in [0.2, 0.25) is 0 Å². The molecule has 1 aliphatic rings. The number of aromatic nitrogens is 3. The van der Waals surface area contributed by atoms with Crippen LogP contribution >= 0.6 is 11.3 Å². The Morgan fingerprint density at radius 1 is 1.30 bits per heavy atom. The van der Waals surface area contributed by atoms with Gasteiger partial charge in [-0.15, -0.1) is 11.3 Å². The molecule has 0 amide bonds. The minimum atomic E-state index is 0.594. The first kappa shape index (κ1) is 13.6. The minimum absolute atomic E-state index is 0.594. The minimum Gasteiger partial charge on any atom is -0.330 e. The number of rotatable bonds is 3. The highest BCUT2D eigenvalue weighted by Crippen LogP contribution is 2.26. The van der Waals surface area contributed by atoms with Gasteiger partial charge < -0.3 is 5.73 Å². The maximum Gasteiger partial charge on any atom is 0.134 e. The molecule has 3 rings (SSSR count). The fourth-order valence-corrected chi connectivity index (χ4v) is 3.47. The molecule has 20 heavy (non-hydrogen) atoms. The fraction of sp³-hybridized carbons (Fsp3) is 0.533. The van der Waals surface area contributed by atoms with Crippen LogP contribution in [0, 0.1) is 19.8 Å². The third kappa shape index (κ3) is 2.74. The molecule has 5 heteroatoms. The molecule has 0 aliphatic heterocycles. The highest BCUT2D eigenvalue weighted by molar-refractivity contribution is 7.09. The van der Waals surface area contributed by atoms with E-state index in [1.54, 1.807) is 11.3 Å². The second-order valence-corrected chi connectivity index (χ2v) is 6.59. The van der Waals surface area contributed by atoms with Gasteiger partial charge in [-0.3, -0.25) is 0 Å². The van der Waals surface area contributed by atoms with Crippen molar-refractivity contribution in [3.8, 4) is 0 Å². The van der Waals surface area contributed by atoms with Crippen LogP contribution < -0.4 is 5.73 Å². The van der Waals surface area contributed by atoms with Crippen molar-refractivity contribution in [2.75, 3.05) is 6.54 Å². The zero-order valence-electron chi connectivity index (χ0n) is 12.0. The summed E-state index contributed by atoms with van der Waals surface area (Å²) in [5, 5.41) is 3.19. The molecular formula is C15H20N4S. The predicted molar refractivity (Wildman–Crippen MR) is 81.0 cm³/mol. The standard InChI is InChI=1S/C15H20N4S/c1-9-13-5-11(7-16)3-4-14(13)19-15(17-9)6-12-8-20-10(2)18-12/h8,11H,3-7,16H2,1-2H3. The van der Waals surface area contributed by atoms with Crippen molar-refractivity contribution in [3.63, 3.8) is 0 Å². The van der Waals surface area contributed by atoms with Gasteiger partial charge in [-0.05, 0) is 51.1 Å². The van der Waals surface area contributed by atoms with E-state index in [0.717, 1.165) is 54.4 Å². The molecular weight excluding hydrogens is 268 g/mol. The Morgan fingerprint density at radius 2 is 2.15 bits per heavy atom. The van der Waals surface area contributed by atoms with Crippen molar-refractivity contribution in [1.29, 1.82) is 0 Å². The van der Waals surface area contributed by atoms with E-state index in [9.17, 15) is 0 Å². The van der Waals surface area contributed by atoms with Crippen molar-refractivity contribution in [2.45, 2.75) is 39.5 Å². The van der Waals surface area contributed by atoms with E-state index in [0.29, 0.717) is 5.92 Å². The molecule has 1 atom stereocenters. The van der Waals surface area contributed by atoms with Crippen molar-refractivity contribution in [1.82, 2.24) is 15.0 Å². The van der Waals surface area contributed by atoms with Gasteiger partial charge in [-0.1, -0.05) is 0 Å². The molecule has 0 spiro atoms. The van der Waals surface area contributed by atoms with E-state index in [1.807, 2.05) is 6.92 Å². The number of thiazole rings is 1. The summed E-state index contributed by atoms with van der Waals surface area (Å²) in [7, 11) is 0. The van der Waals surface area contributed by atoms with Crippen molar-refractivity contribution in [3.05, 3.63) is 38.9 Å². The van der Waals surface area contributed by atoms with Gasteiger partial charge in [0, 0.05) is 16.8 Å². The van der Waals surface area contributed by atoms with Gasteiger partial charge in [0.15, 0.2) is 0 Å². The topological polar surface area (TPSA) is 64.7 Å². The van der Waals surface area contributed by atoms with Gasteiger partial charge in [-0.25, -0.2) is 15.0 Å². The smallest absolute Gasteiger partial charge is 0.134 e. The summed E-state index contributed by atoms with van der Waals surface area (Å²) < 4.78 is 0.